The Balaban J connectivity index is 1.72. The summed E-state index contributed by atoms with van der Waals surface area (Å²) in [6, 6.07) is 8.48. The molecule has 0 spiro atoms. The van der Waals surface area contributed by atoms with E-state index < -0.39 is 0 Å². The number of likely N-dealkylation sites (N-methyl/N-ethyl adjacent to an activating group) is 1. The molecule has 128 valence electrons. The molecule has 1 aliphatic carbocycles. The van der Waals surface area contributed by atoms with Crippen molar-refractivity contribution in [1.82, 2.24) is 10.2 Å². The van der Waals surface area contributed by atoms with E-state index in [0.717, 1.165) is 24.2 Å². The molecule has 0 radical (unpaired) electrons. The standard InChI is InChI=1S/C19H30N2O2/c1-15(2)23-18-11-9-16(10-12-18)13-20-14-19(22)21(3)17-7-5-4-6-8-17/h9-12,15,17,20H,4-8,13-14H2,1-3H3. The zero-order valence-electron chi connectivity index (χ0n) is 14.7. The van der Waals surface area contributed by atoms with E-state index in [2.05, 4.69) is 5.32 Å². The van der Waals surface area contributed by atoms with Crippen molar-refractivity contribution in [2.24, 2.45) is 0 Å². The third-order valence-corrected chi connectivity index (χ3v) is 4.42. The minimum absolute atomic E-state index is 0.187. The summed E-state index contributed by atoms with van der Waals surface area (Å²) in [6.45, 7) is 5.14. The van der Waals surface area contributed by atoms with Gasteiger partial charge in [-0.2, -0.15) is 0 Å². The molecule has 0 unspecified atom stereocenters. The van der Waals surface area contributed by atoms with Gasteiger partial charge in [-0.3, -0.25) is 4.79 Å². The summed E-state index contributed by atoms with van der Waals surface area (Å²) in [5, 5.41) is 3.25. The van der Waals surface area contributed by atoms with Gasteiger partial charge in [-0.25, -0.2) is 0 Å². The lowest BCUT2D eigenvalue weighted by Gasteiger charge is -2.31. The molecule has 1 aromatic carbocycles. The Kier molecular flexibility index (Phi) is 6.90. The Morgan fingerprint density at radius 3 is 2.48 bits per heavy atom. The fraction of sp³-hybridized carbons (Fsp3) is 0.632. The number of rotatable bonds is 7. The molecule has 4 heteroatoms. The van der Waals surface area contributed by atoms with Crippen molar-refractivity contribution >= 4 is 5.91 Å². The molecule has 23 heavy (non-hydrogen) atoms. The summed E-state index contributed by atoms with van der Waals surface area (Å²) >= 11 is 0. The SMILES string of the molecule is CC(C)Oc1ccc(CNCC(=O)N(C)C2CCCCC2)cc1. The second-order valence-electron chi connectivity index (χ2n) is 6.71. The molecular weight excluding hydrogens is 288 g/mol. The Bertz CT molecular complexity index is 479. The lowest BCUT2D eigenvalue weighted by Crippen LogP contribution is -2.42. The smallest absolute Gasteiger partial charge is 0.236 e. The third-order valence-electron chi connectivity index (χ3n) is 4.42. The summed E-state index contributed by atoms with van der Waals surface area (Å²) in [6.07, 6.45) is 6.31. The molecule has 0 aliphatic heterocycles. The Morgan fingerprint density at radius 1 is 1.22 bits per heavy atom. The molecule has 0 bridgehead atoms. The molecule has 1 fully saturated rings. The normalized spacial score (nSPS) is 15.7. The van der Waals surface area contributed by atoms with Crippen LogP contribution in [0.5, 0.6) is 5.75 Å². The fourth-order valence-corrected chi connectivity index (χ4v) is 3.07. The average Bonchev–Trinajstić information content (AvgIpc) is 2.56. The Labute approximate surface area is 140 Å². The predicted octanol–water partition coefficient (Wildman–Crippen LogP) is 3.35. The summed E-state index contributed by atoms with van der Waals surface area (Å²) in [5.41, 5.74) is 1.16. The van der Waals surface area contributed by atoms with Gasteiger partial charge in [0.15, 0.2) is 0 Å². The number of benzene rings is 1. The van der Waals surface area contributed by atoms with E-state index in [4.69, 9.17) is 4.74 Å². The van der Waals surface area contributed by atoms with Crippen molar-refractivity contribution < 1.29 is 9.53 Å². The van der Waals surface area contributed by atoms with E-state index >= 15 is 0 Å². The molecule has 1 aromatic rings. The number of hydrogen-bond donors (Lipinski definition) is 1. The fourth-order valence-electron chi connectivity index (χ4n) is 3.07. The van der Waals surface area contributed by atoms with Gasteiger partial charge in [-0.05, 0) is 44.4 Å². The molecule has 1 amide bonds. The summed E-state index contributed by atoms with van der Waals surface area (Å²) in [5.74, 6) is 1.08. The van der Waals surface area contributed by atoms with Crippen LogP contribution in [0, 0.1) is 0 Å². The number of ether oxygens (including phenoxy) is 1. The third kappa shape index (κ3) is 5.87. The van der Waals surface area contributed by atoms with Crippen LogP contribution in [0.25, 0.3) is 0 Å². The van der Waals surface area contributed by atoms with Gasteiger partial charge in [0.05, 0.1) is 12.6 Å². The van der Waals surface area contributed by atoms with Crippen LogP contribution >= 0.6 is 0 Å². The van der Waals surface area contributed by atoms with Crippen LogP contribution in [0.2, 0.25) is 0 Å². The molecule has 0 atom stereocenters. The Hall–Kier alpha value is -1.55. The van der Waals surface area contributed by atoms with E-state index in [-0.39, 0.29) is 12.0 Å². The van der Waals surface area contributed by atoms with Crippen LogP contribution in [-0.2, 0) is 11.3 Å². The molecular formula is C19H30N2O2. The van der Waals surface area contributed by atoms with Gasteiger partial charge < -0.3 is 15.0 Å². The van der Waals surface area contributed by atoms with Crippen LogP contribution in [0.4, 0.5) is 0 Å². The summed E-state index contributed by atoms with van der Waals surface area (Å²) < 4.78 is 5.63. The first-order chi connectivity index (χ1) is 11.1. The van der Waals surface area contributed by atoms with Gasteiger partial charge in [0.2, 0.25) is 5.91 Å². The number of hydrogen-bond acceptors (Lipinski definition) is 3. The van der Waals surface area contributed by atoms with Crippen LogP contribution in [0.3, 0.4) is 0 Å². The van der Waals surface area contributed by atoms with E-state index in [0.29, 0.717) is 19.1 Å². The van der Waals surface area contributed by atoms with Crippen molar-refractivity contribution in [3.8, 4) is 5.75 Å². The largest absolute Gasteiger partial charge is 0.491 e. The van der Waals surface area contributed by atoms with Gasteiger partial charge >= 0.3 is 0 Å². The summed E-state index contributed by atoms with van der Waals surface area (Å²) in [4.78, 5) is 14.2. The van der Waals surface area contributed by atoms with Gasteiger partial charge in [-0.15, -0.1) is 0 Å². The lowest BCUT2D eigenvalue weighted by atomic mass is 9.94. The average molecular weight is 318 g/mol. The van der Waals surface area contributed by atoms with Gasteiger partial charge in [0.25, 0.3) is 0 Å². The highest BCUT2D eigenvalue weighted by molar-refractivity contribution is 5.78. The van der Waals surface area contributed by atoms with Crippen LogP contribution in [-0.4, -0.2) is 36.5 Å². The van der Waals surface area contributed by atoms with Crippen molar-refractivity contribution in [2.45, 2.75) is 64.6 Å². The molecule has 0 heterocycles. The highest BCUT2D eigenvalue weighted by Gasteiger charge is 2.21. The van der Waals surface area contributed by atoms with Crippen LogP contribution in [0.15, 0.2) is 24.3 Å². The highest BCUT2D eigenvalue weighted by atomic mass is 16.5. The quantitative estimate of drug-likeness (QED) is 0.838. The molecule has 2 rings (SSSR count). The van der Waals surface area contributed by atoms with Gasteiger partial charge in [0.1, 0.15) is 5.75 Å². The van der Waals surface area contributed by atoms with Crippen LogP contribution in [0.1, 0.15) is 51.5 Å². The van der Waals surface area contributed by atoms with E-state index in [1.54, 1.807) is 0 Å². The first kappa shape index (κ1) is 17.8. The van der Waals surface area contributed by atoms with Crippen molar-refractivity contribution in [3.05, 3.63) is 29.8 Å². The Morgan fingerprint density at radius 2 is 1.87 bits per heavy atom. The monoisotopic (exact) mass is 318 g/mol. The first-order valence-corrected chi connectivity index (χ1v) is 8.78. The molecule has 1 aliphatic rings. The molecule has 0 aromatic heterocycles. The van der Waals surface area contributed by atoms with Crippen molar-refractivity contribution in [1.29, 1.82) is 0 Å². The summed E-state index contributed by atoms with van der Waals surface area (Å²) in [7, 11) is 1.94. The predicted molar refractivity (Wildman–Crippen MR) is 93.6 cm³/mol. The van der Waals surface area contributed by atoms with Crippen molar-refractivity contribution in [2.75, 3.05) is 13.6 Å². The first-order valence-electron chi connectivity index (χ1n) is 8.78. The molecule has 0 saturated heterocycles. The van der Waals surface area contributed by atoms with E-state index in [1.165, 1.54) is 19.3 Å². The van der Waals surface area contributed by atoms with E-state index in [1.807, 2.05) is 50.1 Å². The second kappa shape index (κ2) is 8.92. The maximum Gasteiger partial charge on any atom is 0.236 e. The van der Waals surface area contributed by atoms with E-state index in [9.17, 15) is 4.79 Å². The number of nitrogens with zero attached hydrogens (tertiary/aromatic N) is 1. The second-order valence-corrected chi connectivity index (χ2v) is 6.71. The number of nitrogens with one attached hydrogen (secondary N) is 1. The minimum Gasteiger partial charge on any atom is -0.491 e. The number of carbonyl (C=O) groups is 1. The molecule has 1 N–H and O–H groups in total. The maximum absolute atomic E-state index is 12.3. The molecule has 1 saturated carbocycles. The lowest BCUT2D eigenvalue weighted by molar-refractivity contribution is -0.131. The number of amides is 1. The van der Waals surface area contributed by atoms with Crippen molar-refractivity contribution in [3.63, 3.8) is 0 Å². The molecule has 4 nitrogen and oxygen atoms in total. The number of carbonyl (C=O) groups excluding carboxylic acids is 1. The van der Waals surface area contributed by atoms with Crippen LogP contribution < -0.4 is 10.1 Å². The van der Waals surface area contributed by atoms with Gasteiger partial charge in [-0.1, -0.05) is 31.4 Å². The zero-order chi connectivity index (χ0) is 16.7. The zero-order valence-corrected chi connectivity index (χ0v) is 14.7. The minimum atomic E-state index is 0.187. The highest BCUT2D eigenvalue weighted by Crippen LogP contribution is 2.21. The topological polar surface area (TPSA) is 41.6 Å². The van der Waals surface area contributed by atoms with Gasteiger partial charge in [0, 0.05) is 19.6 Å². The maximum atomic E-state index is 12.3.